The number of amides is 1. The third-order valence-corrected chi connectivity index (χ3v) is 3.03. The summed E-state index contributed by atoms with van der Waals surface area (Å²) in [5, 5.41) is 3.03. The SMILES string of the molecule is CC(C)[C@@H](NC(=O)c1ccncc1)c1nccn1C. The van der Waals surface area contributed by atoms with Crippen LogP contribution in [0.5, 0.6) is 0 Å². The van der Waals surface area contributed by atoms with Gasteiger partial charge in [-0.1, -0.05) is 13.8 Å². The molecular weight excluding hydrogens is 240 g/mol. The first-order chi connectivity index (χ1) is 9.09. The van der Waals surface area contributed by atoms with E-state index in [1.807, 2.05) is 17.8 Å². The molecule has 0 saturated heterocycles. The maximum atomic E-state index is 12.2. The van der Waals surface area contributed by atoms with E-state index >= 15 is 0 Å². The molecule has 0 bridgehead atoms. The summed E-state index contributed by atoms with van der Waals surface area (Å²) in [6.45, 7) is 4.12. The first kappa shape index (κ1) is 13.3. The number of carbonyl (C=O) groups excluding carboxylic acids is 1. The van der Waals surface area contributed by atoms with Crippen LogP contribution < -0.4 is 5.32 Å². The van der Waals surface area contributed by atoms with Gasteiger partial charge in [-0.3, -0.25) is 9.78 Å². The van der Waals surface area contributed by atoms with Crippen LogP contribution in [-0.2, 0) is 7.05 Å². The van der Waals surface area contributed by atoms with Crippen LogP contribution in [0.3, 0.4) is 0 Å². The highest BCUT2D eigenvalue weighted by Gasteiger charge is 2.22. The topological polar surface area (TPSA) is 59.8 Å². The predicted octanol–water partition coefficient (Wildman–Crippen LogP) is 1.94. The third-order valence-electron chi connectivity index (χ3n) is 3.03. The lowest BCUT2D eigenvalue weighted by atomic mass is 10.0. The molecule has 0 aliphatic carbocycles. The van der Waals surface area contributed by atoms with Gasteiger partial charge in [0.1, 0.15) is 5.82 Å². The van der Waals surface area contributed by atoms with E-state index in [0.717, 1.165) is 5.82 Å². The zero-order valence-corrected chi connectivity index (χ0v) is 11.4. The molecule has 2 aromatic heterocycles. The maximum absolute atomic E-state index is 12.2. The number of hydrogen-bond acceptors (Lipinski definition) is 3. The second-order valence-electron chi connectivity index (χ2n) is 4.83. The Hall–Kier alpha value is -2.17. The number of aryl methyl sites for hydroxylation is 1. The molecular formula is C14H18N4O. The fourth-order valence-corrected chi connectivity index (χ4v) is 1.93. The van der Waals surface area contributed by atoms with Gasteiger partial charge in [0.25, 0.3) is 5.91 Å². The van der Waals surface area contributed by atoms with Crippen LogP contribution in [0, 0.1) is 5.92 Å². The molecule has 19 heavy (non-hydrogen) atoms. The van der Waals surface area contributed by atoms with E-state index in [1.54, 1.807) is 30.7 Å². The van der Waals surface area contributed by atoms with Crippen molar-refractivity contribution in [3.63, 3.8) is 0 Å². The zero-order chi connectivity index (χ0) is 13.8. The van der Waals surface area contributed by atoms with E-state index in [9.17, 15) is 4.79 Å². The Labute approximate surface area is 112 Å². The van der Waals surface area contributed by atoms with Crippen molar-refractivity contribution in [3.8, 4) is 0 Å². The smallest absolute Gasteiger partial charge is 0.251 e. The molecule has 0 spiro atoms. The Morgan fingerprint density at radius 1 is 1.26 bits per heavy atom. The molecule has 0 radical (unpaired) electrons. The van der Waals surface area contributed by atoms with Crippen molar-refractivity contribution in [3.05, 3.63) is 48.3 Å². The van der Waals surface area contributed by atoms with Crippen LogP contribution >= 0.6 is 0 Å². The van der Waals surface area contributed by atoms with Crippen molar-refractivity contribution < 1.29 is 4.79 Å². The molecule has 0 aromatic carbocycles. The first-order valence-corrected chi connectivity index (χ1v) is 6.27. The first-order valence-electron chi connectivity index (χ1n) is 6.27. The van der Waals surface area contributed by atoms with Gasteiger partial charge in [0.15, 0.2) is 0 Å². The molecule has 2 heterocycles. The summed E-state index contributed by atoms with van der Waals surface area (Å²) in [6.07, 6.45) is 6.84. The molecule has 1 atom stereocenters. The number of pyridine rings is 1. The van der Waals surface area contributed by atoms with Crippen molar-refractivity contribution >= 4 is 5.91 Å². The van der Waals surface area contributed by atoms with Crippen LogP contribution in [0.25, 0.3) is 0 Å². The lowest BCUT2D eigenvalue weighted by Crippen LogP contribution is -2.33. The normalized spacial score (nSPS) is 12.4. The van der Waals surface area contributed by atoms with E-state index in [2.05, 4.69) is 29.1 Å². The number of imidazole rings is 1. The van der Waals surface area contributed by atoms with Gasteiger partial charge in [0.05, 0.1) is 6.04 Å². The fraction of sp³-hybridized carbons (Fsp3) is 0.357. The third kappa shape index (κ3) is 2.99. The second-order valence-corrected chi connectivity index (χ2v) is 4.83. The van der Waals surface area contributed by atoms with Crippen LogP contribution in [0.2, 0.25) is 0 Å². The summed E-state index contributed by atoms with van der Waals surface area (Å²) in [6, 6.07) is 3.29. The molecule has 2 aromatic rings. The molecule has 0 unspecified atom stereocenters. The van der Waals surface area contributed by atoms with Crippen molar-refractivity contribution in [2.45, 2.75) is 19.9 Å². The minimum Gasteiger partial charge on any atom is -0.342 e. The summed E-state index contributed by atoms with van der Waals surface area (Å²) in [5.74, 6) is 1.01. The average Bonchev–Trinajstić information content (AvgIpc) is 2.82. The van der Waals surface area contributed by atoms with Crippen LogP contribution in [0.4, 0.5) is 0 Å². The van der Waals surface area contributed by atoms with Crippen molar-refractivity contribution in [1.82, 2.24) is 19.9 Å². The van der Waals surface area contributed by atoms with Gasteiger partial charge in [0.2, 0.25) is 0 Å². The molecule has 5 heteroatoms. The zero-order valence-electron chi connectivity index (χ0n) is 11.4. The number of nitrogens with zero attached hydrogens (tertiary/aromatic N) is 3. The monoisotopic (exact) mass is 258 g/mol. The van der Waals surface area contributed by atoms with Crippen molar-refractivity contribution in [2.24, 2.45) is 13.0 Å². The van der Waals surface area contributed by atoms with Crippen molar-refractivity contribution in [2.75, 3.05) is 0 Å². The number of rotatable bonds is 4. The highest BCUT2D eigenvalue weighted by Crippen LogP contribution is 2.20. The van der Waals surface area contributed by atoms with E-state index in [-0.39, 0.29) is 17.9 Å². The Kier molecular flexibility index (Phi) is 3.94. The van der Waals surface area contributed by atoms with Gasteiger partial charge in [-0.05, 0) is 18.1 Å². The molecule has 1 N–H and O–H groups in total. The molecule has 0 saturated carbocycles. The summed E-state index contributed by atoms with van der Waals surface area (Å²) in [5.41, 5.74) is 0.606. The van der Waals surface area contributed by atoms with Crippen LogP contribution in [0.1, 0.15) is 36.1 Å². The summed E-state index contributed by atoms with van der Waals surface area (Å²) < 4.78 is 1.93. The van der Waals surface area contributed by atoms with E-state index < -0.39 is 0 Å². The quantitative estimate of drug-likeness (QED) is 0.911. The van der Waals surface area contributed by atoms with E-state index in [1.165, 1.54) is 0 Å². The Balaban J connectivity index is 2.19. The molecule has 0 aliphatic rings. The highest BCUT2D eigenvalue weighted by molar-refractivity contribution is 5.94. The molecule has 100 valence electrons. The number of carbonyl (C=O) groups is 1. The number of hydrogen-bond donors (Lipinski definition) is 1. The van der Waals surface area contributed by atoms with Gasteiger partial charge in [-0.25, -0.2) is 4.98 Å². The van der Waals surface area contributed by atoms with E-state index in [4.69, 9.17) is 0 Å². The maximum Gasteiger partial charge on any atom is 0.251 e. The minimum atomic E-state index is -0.110. The lowest BCUT2D eigenvalue weighted by molar-refractivity contribution is 0.0922. The van der Waals surface area contributed by atoms with Gasteiger partial charge in [-0.2, -0.15) is 0 Å². The molecule has 0 aliphatic heterocycles. The Morgan fingerprint density at radius 2 is 1.95 bits per heavy atom. The minimum absolute atomic E-state index is 0.107. The average molecular weight is 258 g/mol. The highest BCUT2D eigenvalue weighted by atomic mass is 16.1. The standard InChI is InChI=1S/C14H18N4O/c1-10(2)12(13-16-8-9-18(13)3)17-14(19)11-4-6-15-7-5-11/h4-10,12H,1-3H3,(H,17,19)/t12-/m1/s1. The number of aromatic nitrogens is 3. The molecule has 2 rings (SSSR count). The van der Waals surface area contributed by atoms with Gasteiger partial charge in [0, 0.05) is 37.4 Å². The molecule has 1 amide bonds. The van der Waals surface area contributed by atoms with Gasteiger partial charge >= 0.3 is 0 Å². The molecule has 5 nitrogen and oxygen atoms in total. The largest absolute Gasteiger partial charge is 0.342 e. The summed E-state index contributed by atoms with van der Waals surface area (Å²) >= 11 is 0. The van der Waals surface area contributed by atoms with Crippen LogP contribution in [0.15, 0.2) is 36.9 Å². The lowest BCUT2D eigenvalue weighted by Gasteiger charge is -2.22. The van der Waals surface area contributed by atoms with Crippen LogP contribution in [-0.4, -0.2) is 20.4 Å². The summed E-state index contributed by atoms with van der Waals surface area (Å²) in [7, 11) is 1.93. The Bertz CT molecular complexity index is 548. The van der Waals surface area contributed by atoms with Crippen molar-refractivity contribution in [1.29, 1.82) is 0 Å². The van der Waals surface area contributed by atoms with Gasteiger partial charge < -0.3 is 9.88 Å². The number of nitrogens with one attached hydrogen (secondary N) is 1. The fourth-order valence-electron chi connectivity index (χ4n) is 1.93. The molecule has 0 fully saturated rings. The summed E-state index contributed by atoms with van der Waals surface area (Å²) in [4.78, 5) is 20.4. The predicted molar refractivity (Wildman–Crippen MR) is 72.5 cm³/mol. The Morgan fingerprint density at radius 3 is 2.47 bits per heavy atom. The van der Waals surface area contributed by atoms with E-state index in [0.29, 0.717) is 5.56 Å². The van der Waals surface area contributed by atoms with Gasteiger partial charge in [-0.15, -0.1) is 0 Å². The second kappa shape index (κ2) is 5.65.